The summed E-state index contributed by atoms with van der Waals surface area (Å²) in [6.07, 6.45) is 0.648. The van der Waals surface area contributed by atoms with Crippen LogP contribution in [-0.4, -0.2) is 28.8 Å². The number of nitrogens with one attached hydrogen (secondary N) is 1. The zero-order chi connectivity index (χ0) is 20.2. The number of ether oxygens (including phenoxy) is 1. The molecule has 29 heavy (non-hydrogen) atoms. The molecule has 0 saturated carbocycles. The molecule has 1 aliphatic heterocycles. The van der Waals surface area contributed by atoms with Crippen LogP contribution in [0, 0.1) is 5.82 Å². The summed E-state index contributed by atoms with van der Waals surface area (Å²) in [5, 5.41) is 7.05. The van der Waals surface area contributed by atoms with Gasteiger partial charge in [-0.3, -0.25) is 9.59 Å². The molecular weight excluding hydrogens is 373 g/mol. The fourth-order valence-electron chi connectivity index (χ4n) is 3.38. The third-order valence-electron chi connectivity index (χ3n) is 4.88. The lowest BCUT2D eigenvalue weighted by Crippen LogP contribution is -2.36. The Kier molecular flexibility index (Phi) is 5.48. The van der Waals surface area contributed by atoms with E-state index in [0.29, 0.717) is 24.4 Å². The number of fused-ring (bicyclic) bond motifs is 1. The molecule has 1 aromatic heterocycles. The van der Waals surface area contributed by atoms with Gasteiger partial charge in [-0.05, 0) is 47.9 Å². The Balaban J connectivity index is 1.43. The fraction of sp³-hybridized carbons (Fsp3) is 0.227. The van der Waals surface area contributed by atoms with E-state index < -0.39 is 0 Å². The van der Waals surface area contributed by atoms with E-state index in [1.54, 1.807) is 18.2 Å². The average molecular weight is 393 g/mol. The van der Waals surface area contributed by atoms with E-state index in [9.17, 15) is 14.0 Å². The van der Waals surface area contributed by atoms with Crippen LogP contribution in [0.15, 0.2) is 65.5 Å². The van der Waals surface area contributed by atoms with E-state index in [-0.39, 0.29) is 29.9 Å². The van der Waals surface area contributed by atoms with Crippen LogP contribution >= 0.6 is 0 Å². The van der Waals surface area contributed by atoms with Gasteiger partial charge in [-0.25, -0.2) is 9.07 Å². The van der Waals surface area contributed by atoms with E-state index in [1.807, 2.05) is 18.2 Å². The van der Waals surface area contributed by atoms with Gasteiger partial charge in [0, 0.05) is 18.2 Å². The van der Waals surface area contributed by atoms with Crippen molar-refractivity contribution in [3.05, 3.63) is 88.0 Å². The van der Waals surface area contributed by atoms with Crippen molar-refractivity contribution < 1.29 is 13.9 Å². The first-order chi connectivity index (χ1) is 14.1. The first kappa shape index (κ1) is 19.0. The van der Waals surface area contributed by atoms with Gasteiger partial charge in [-0.15, -0.1) is 0 Å². The maximum Gasteiger partial charge on any atom is 0.267 e. The summed E-state index contributed by atoms with van der Waals surface area (Å²) in [6.45, 7) is 0.725. The lowest BCUT2D eigenvalue weighted by Gasteiger charge is -2.26. The predicted octanol–water partition coefficient (Wildman–Crippen LogP) is 2.48. The molecule has 2 aromatic carbocycles. The monoisotopic (exact) mass is 393 g/mol. The van der Waals surface area contributed by atoms with Crippen LogP contribution in [-0.2, 0) is 22.5 Å². The Morgan fingerprint density at radius 2 is 1.93 bits per heavy atom. The summed E-state index contributed by atoms with van der Waals surface area (Å²) >= 11 is 0. The maximum atomic E-state index is 13.1. The smallest absolute Gasteiger partial charge is 0.267 e. The van der Waals surface area contributed by atoms with Crippen LogP contribution in [0.25, 0.3) is 11.3 Å². The summed E-state index contributed by atoms with van der Waals surface area (Å²) in [6, 6.07) is 16.7. The molecule has 148 valence electrons. The van der Waals surface area contributed by atoms with E-state index in [4.69, 9.17) is 4.74 Å². The highest BCUT2D eigenvalue weighted by molar-refractivity contribution is 5.75. The minimum absolute atomic E-state index is 0.206. The number of hydrogen-bond acceptors (Lipinski definition) is 4. The molecule has 6 nitrogen and oxygen atoms in total. The Hall–Kier alpha value is -3.32. The number of benzene rings is 2. The summed E-state index contributed by atoms with van der Waals surface area (Å²) < 4.78 is 20.0. The largest absolute Gasteiger partial charge is 0.371 e. The van der Waals surface area contributed by atoms with Gasteiger partial charge in [0.1, 0.15) is 18.5 Å². The van der Waals surface area contributed by atoms with Gasteiger partial charge >= 0.3 is 0 Å². The molecular formula is C22H20FN3O3. The number of hydrogen-bond donors (Lipinski definition) is 1. The minimum Gasteiger partial charge on any atom is -0.371 e. The Labute approximate surface area is 166 Å². The van der Waals surface area contributed by atoms with Crippen LogP contribution in [0.1, 0.15) is 17.2 Å². The molecule has 0 bridgehead atoms. The van der Waals surface area contributed by atoms with Crippen molar-refractivity contribution in [2.45, 2.75) is 19.1 Å². The Bertz CT molecular complexity index is 1080. The molecule has 0 spiro atoms. The molecule has 4 rings (SSSR count). The highest BCUT2D eigenvalue weighted by atomic mass is 19.1. The summed E-state index contributed by atoms with van der Waals surface area (Å²) in [5.41, 5.74) is 3.07. The van der Waals surface area contributed by atoms with Crippen LogP contribution in [0.4, 0.5) is 4.39 Å². The third kappa shape index (κ3) is 4.41. The quantitative estimate of drug-likeness (QED) is 0.723. The number of carbonyl (C=O) groups is 1. The number of aromatic nitrogens is 2. The average Bonchev–Trinajstić information content (AvgIpc) is 2.74. The summed E-state index contributed by atoms with van der Waals surface area (Å²) in [5.74, 6) is -0.685. The zero-order valence-electron chi connectivity index (χ0n) is 15.7. The van der Waals surface area contributed by atoms with Crippen molar-refractivity contribution in [3.63, 3.8) is 0 Å². The molecule has 0 fully saturated rings. The molecule has 1 N–H and O–H groups in total. The number of carbonyl (C=O) groups excluding carboxylic acids is 1. The first-order valence-corrected chi connectivity index (χ1v) is 9.40. The lowest BCUT2D eigenvalue weighted by molar-refractivity contribution is -0.122. The van der Waals surface area contributed by atoms with E-state index in [0.717, 1.165) is 16.7 Å². The number of rotatable bonds is 5. The zero-order valence-corrected chi connectivity index (χ0v) is 15.7. The van der Waals surface area contributed by atoms with Gasteiger partial charge in [0.15, 0.2) is 0 Å². The molecule has 1 atom stereocenters. The number of nitrogens with zero attached hydrogens (tertiary/aromatic N) is 2. The van der Waals surface area contributed by atoms with Crippen molar-refractivity contribution in [2.24, 2.45) is 0 Å². The normalized spacial score (nSPS) is 15.6. The van der Waals surface area contributed by atoms with Crippen LogP contribution in [0.2, 0.25) is 0 Å². The number of halogens is 1. The second-order valence-corrected chi connectivity index (χ2v) is 6.83. The summed E-state index contributed by atoms with van der Waals surface area (Å²) in [7, 11) is 0. The molecule has 1 aliphatic rings. The van der Waals surface area contributed by atoms with Crippen LogP contribution in [0.5, 0.6) is 0 Å². The molecule has 7 heteroatoms. The van der Waals surface area contributed by atoms with Gasteiger partial charge in [-0.1, -0.05) is 24.3 Å². The van der Waals surface area contributed by atoms with Crippen molar-refractivity contribution >= 4 is 5.91 Å². The van der Waals surface area contributed by atoms with Crippen molar-refractivity contribution in [1.82, 2.24) is 15.1 Å². The lowest BCUT2D eigenvalue weighted by atomic mass is 9.97. The van der Waals surface area contributed by atoms with Gasteiger partial charge in [0.2, 0.25) is 5.91 Å². The third-order valence-corrected chi connectivity index (χ3v) is 4.88. The summed E-state index contributed by atoms with van der Waals surface area (Å²) in [4.78, 5) is 24.5. The number of amides is 1. The van der Waals surface area contributed by atoms with E-state index in [2.05, 4.69) is 16.5 Å². The van der Waals surface area contributed by atoms with Crippen molar-refractivity contribution in [3.8, 4) is 11.3 Å². The Morgan fingerprint density at radius 1 is 1.14 bits per heavy atom. The van der Waals surface area contributed by atoms with Gasteiger partial charge in [0.25, 0.3) is 5.56 Å². The second-order valence-electron chi connectivity index (χ2n) is 6.83. The topological polar surface area (TPSA) is 73.2 Å². The van der Waals surface area contributed by atoms with Crippen LogP contribution in [0.3, 0.4) is 0 Å². The molecule has 0 aliphatic carbocycles. The van der Waals surface area contributed by atoms with E-state index >= 15 is 0 Å². The molecule has 0 saturated heterocycles. The van der Waals surface area contributed by atoms with Crippen molar-refractivity contribution in [1.29, 1.82) is 0 Å². The van der Waals surface area contributed by atoms with Crippen LogP contribution < -0.4 is 10.9 Å². The van der Waals surface area contributed by atoms with Gasteiger partial charge in [-0.2, -0.15) is 5.10 Å². The predicted molar refractivity (Wildman–Crippen MR) is 106 cm³/mol. The highest BCUT2D eigenvalue weighted by Gasteiger charge is 2.21. The standard InChI is InChI=1S/C22H20FN3O3/c23-17-7-5-16(6-8-17)19-9-10-22(28)26(25-19)14-21(27)24-13-20-18-4-2-1-3-15(18)11-12-29-20/h1-10,20H,11-14H2,(H,24,27). The van der Waals surface area contributed by atoms with Gasteiger partial charge < -0.3 is 10.1 Å². The molecule has 3 aromatic rings. The van der Waals surface area contributed by atoms with E-state index in [1.165, 1.54) is 23.8 Å². The SMILES string of the molecule is O=C(Cn1nc(-c2ccc(F)cc2)ccc1=O)NCC1OCCc2ccccc21. The molecule has 1 amide bonds. The molecule has 2 heterocycles. The molecule has 0 radical (unpaired) electrons. The highest BCUT2D eigenvalue weighted by Crippen LogP contribution is 2.26. The van der Waals surface area contributed by atoms with Gasteiger partial charge in [0.05, 0.1) is 12.3 Å². The second kappa shape index (κ2) is 8.36. The fourth-order valence-corrected chi connectivity index (χ4v) is 3.38. The first-order valence-electron chi connectivity index (χ1n) is 9.40. The van der Waals surface area contributed by atoms with Crippen molar-refractivity contribution in [2.75, 3.05) is 13.2 Å². The molecule has 1 unspecified atom stereocenters. The Morgan fingerprint density at radius 3 is 2.76 bits per heavy atom. The minimum atomic E-state index is -0.384. The maximum absolute atomic E-state index is 13.1.